The number of nitrogens with one attached hydrogen (secondary N) is 1. The van der Waals surface area contributed by atoms with Crippen molar-refractivity contribution in [3.05, 3.63) is 62.1 Å². The Morgan fingerprint density at radius 1 is 1.22 bits per heavy atom. The van der Waals surface area contributed by atoms with Crippen LogP contribution in [0.4, 0.5) is 17.1 Å². The van der Waals surface area contributed by atoms with Gasteiger partial charge in [-0.1, -0.05) is 29.3 Å². The number of carbonyl (C=O) groups excluding carboxylic acids is 1. The SMILES string of the molecule is CN(C)c1ccc([N+](=O)[O-])cc1C(=O)Nc1cccc(Cl)c1Cl. The molecule has 1 amide bonds. The fourth-order valence-electron chi connectivity index (χ4n) is 2.00. The lowest BCUT2D eigenvalue weighted by Gasteiger charge is -2.17. The number of halogens is 2. The molecule has 0 radical (unpaired) electrons. The molecule has 0 saturated carbocycles. The molecule has 0 saturated heterocycles. The molecule has 2 rings (SSSR count). The van der Waals surface area contributed by atoms with Crippen molar-refractivity contribution in [3.63, 3.8) is 0 Å². The fraction of sp³-hybridized carbons (Fsp3) is 0.133. The van der Waals surface area contributed by atoms with Crippen LogP contribution < -0.4 is 10.2 Å². The van der Waals surface area contributed by atoms with Crippen LogP contribution in [0.15, 0.2) is 36.4 Å². The van der Waals surface area contributed by atoms with Gasteiger partial charge in [0, 0.05) is 31.9 Å². The summed E-state index contributed by atoms with van der Waals surface area (Å²) in [7, 11) is 3.48. The molecule has 0 unspecified atom stereocenters. The second-order valence-corrected chi connectivity index (χ2v) is 5.69. The van der Waals surface area contributed by atoms with Crippen molar-refractivity contribution in [2.75, 3.05) is 24.3 Å². The Morgan fingerprint density at radius 2 is 1.91 bits per heavy atom. The monoisotopic (exact) mass is 353 g/mol. The molecule has 0 bridgehead atoms. The number of carbonyl (C=O) groups is 1. The molecule has 2 aromatic rings. The van der Waals surface area contributed by atoms with E-state index in [0.717, 1.165) is 0 Å². The molecule has 0 atom stereocenters. The van der Waals surface area contributed by atoms with Crippen LogP contribution in [0.2, 0.25) is 10.0 Å². The minimum atomic E-state index is -0.553. The zero-order chi connectivity index (χ0) is 17.1. The predicted molar refractivity (Wildman–Crippen MR) is 91.8 cm³/mol. The van der Waals surface area contributed by atoms with E-state index in [0.29, 0.717) is 16.4 Å². The van der Waals surface area contributed by atoms with Crippen LogP contribution in [0.5, 0.6) is 0 Å². The van der Waals surface area contributed by atoms with Crippen molar-refractivity contribution in [3.8, 4) is 0 Å². The average molecular weight is 354 g/mol. The zero-order valence-electron chi connectivity index (χ0n) is 12.3. The molecule has 0 spiro atoms. The lowest BCUT2D eigenvalue weighted by atomic mass is 10.1. The molecule has 0 aromatic heterocycles. The van der Waals surface area contributed by atoms with Crippen LogP contribution in [0.1, 0.15) is 10.4 Å². The van der Waals surface area contributed by atoms with Crippen LogP contribution >= 0.6 is 23.2 Å². The van der Waals surface area contributed by atoms with E-state index < -0.39 is 10.8 Å². The number of non-ortho nitro benzene ring substituents is 1. The van der Waals surface area contributed by atoms with Crippen LogP contribution in [0.3, 0.4) is 0 Å². The number of hydrogen-bond donors (Lipinski definition) is 1. The number of hydrogen-bond acceptors (Lipinski definition) is 4. The summed E-state index contributed by atoms with van der Waals surface area (Å²) >= 11 is 12.0. The van der Waals surface area contributed by atoms with Gasteiger partial charge in [0.05, 0.1) is 26.2 Å². The molecule has 0 aliphatic rings. The first-order valence-electron chi connectivity index (χ1n) is 6.52. The summed E-state index contributed by atoms with van der Waals surface area (Å²) in [6.45, 7) is 0. The Bertz CT molecular complexity index is 779. The molecule has 0 heterocycles. The van der Waals surface area contributed by atoms with Gasteiger partial charge in [-0.2, -0.15) is 0 Å². The molecular formula is C15H13Cl2N3O3. The molecule has 8 heteroatoms. The molecule has 2 aromatic carbocycles. The van der Waals surface area contributed by atoms with Gasteiger partial charge in [-0.15, -0.1) is 0 Å². The molecule has 23 heavy (non-hydrogen) atoms. The molecule has 0 aliphatic carbocycles. The van der Waals surface area contributed by atoms with E-state index in [4.69, 9.17) is 23.2 Å². The van der Waals surface area contributed by atoms with Crippen molar-refractivity contribution in [2.24, 2.45) is 0 Å². The van der Waals surface area contributed by atoms with Crippen LogP contribution in [-0.4, -0.2) is 24.9 Å². The Labute approximate surface area is 142 Å². The number of nitro groups is 1. The quantitative estimate of drug-likeness (QED) is 0.659. The lowest BCUT2D eigenvalue weighted by molar-refractivity contribution is -0.384. The van der Waals surface area contributed by atoms with Crippen molar-refractivity contribution in [1.29, 1.82) is 0 Å². The minimum absolute atomic E-state index is 0.167. The molecule has 0 aliphatic heterocycles. The third-order valence-electron chi connectivity index (χ3n) is 3.12. The first kappa shape index (κ1) is 17.1. The average Bonchev–Trinajstić information content (AvgIpc) is 2.51. The summed E-state index contributed by atoms with van der Waals surface area (Å²) in [6, 6.07) is 8.93. The van der Waals surface area contributed by atoms with Crippen molar-refractivity contribution in [1.82, 2.24) is 0 Å². The number of nitrogens with zero attached hydrogens (tertiary/aromatic N) is 2. The second-order valence-electron chi connectivity index (χ2n) is 4.91. The van der Waals surface area contributed by atoms with Crippen molar-refractivity contribution >= 4 is 46.2 Å². The van der Waals surface area contributed by atoms with Gasteiger partial charge < -0.3 is 10.2 Å². The van der Waals surface area contributed by atoms with E-state index in [1.165, 1.54) is 18.2 Å². The summed E-state index contributed by atoms with van der Waals surface area (Å²) in [6.07, 6.45) is 0. The van der Waals surface area contributed by atoms with Gasteiger partial charge in [-0.05, 0) is 18.2 Å². The summed E-state index contributed by atoms with van der Waals surface area (Å²) in [4.78, 5) is 24.6. The maximum Gasteiger partial charge on any atom is 0.270 e. The smallest absolute Gasteiger partial charge is 0.270 e. The fourth-order valence-corrected chi connectivity index (χ4v) is 2.35. The predicted octanol–water partition coefficient (Wildman–Crippen LogP) is 4.22. The summed E-state index contributed by atoms with van der Waals surface area (Å²) in [5.41, 5.74) is 0.879. The first-order chi connectivity index (χ1) is 10.8. The molecule has 1 N–H and O–H groups in total. The van der Waals surface area contributed by atoms with Gasteiger partial charge in [-0.3, -0.25) is 14.9 Å². The zero-order valence-corrected chi connectivity index (χ0v) is 13.9. The van der Waals surface area contributed by atoms with Gasteiger partial charge in [-0.25, -0.2) is 0 Å². The maximum atomic E-state index is 12.5. The Balaban J connectivity index is 2.43. The van der Waals surface area contributed by atoms with E-state index in [1.54, 1.807) is 37.2 Å². The summed E-state index contributed by atoms with van der Waals surface area (Å²) in [5.74, 6) is -0.512. The third-order valence-corrected chi connectivity index (χ3v) is 3.94. The normalized spacial score (nSPS) is 10.3. The highest BCUT2D eigenvalue weighted by molar-refractivity contribution is 6.44. The number of rotatable bonds is 4. The number of anilines is 2. The Morgan fingerprint density at radius 3 is 2.52 bits per heavy atom. The van der Waals surface area contributed by atoms with E-state index in [9.17, 15) is 14.9 Å². The highest BCUT2D eigenvalue weighted by atomic mass is 35.5. The van der Waals surface area contributed by atoms with Crippen LogP contribution in [0, 0.1) is 10.1 Å². The van der Waals surface area contributed by atoms with Gasteiger partial charge in [0.2, 0.25) is 0 Å². The van der Waals surface area contributed by atoms with Gasteiger partial charge in [0.1, 0.15) is 0 Å². The van der Waals surface area contributed by atoms with Gasteiger partial charge in [0.25, 0.3) is 11.6 Å². The molecule has 120 valence electrons. The van der Waals surface area contributed by atoms with Crippen molar-refractivity contribution < 1.29 is 9.72 Å². The maximum absolute atomic E-state index is 12.5. The van der Waals surface area contributed by atoms with Gasteiger partial charge in [0.15, 0.2) is 0 Å². The largest absolute Gasteiger partial charge is 0.377 e. The Kier molecular flexibility index (Phi) is 5.08. The molecular weight excluding hydrogens is 341 g/mol. The highest BCUT2D eigenvalue weighted by Crippen LogP contribution is 2.31. The number of nitro benzene ring substituents is 1. The first-order valence-corrected chi connectivity index (χ1v) is 7.28. The van der Waals surface area contributed by atoms with E-state index in [2.05, 4.69) is 5.32 Å². The third kappa shape index (κ3) is 3.72. The Hall–Kier alpha value is -2.31. The number of benzene rings is 2. The minimum Gasteiger partial charge on any atom is -0.377 e. The van der Waals surface area contributed by atoms with Crippen LogP contribution in [-0.2, 0) is 0 Å². The molecule has 6 nitrogen and oxygen atoms in total. The lowest BCUT2D eigenvalue weighted by Crippen LogP contribution is -2.19. The second kappa shape index (κ2) is 6.85. The highest BCUT2D eigenvalue weighted by Gasteiger charge is 2.19. The summed E-state index contributed by atoms with van der Waals surface area (Å²) < 4.78 is 0. The summed E-state index contributed by atoms with van der Waals surface area (Å²) in [5, 5.41) is 14.1. The number of amides is 1. The van der Waals surface area contributed by atoms with E-state index >= 15 is 0 Å². The van der Waals surface area contributed by atoms with Crippen molar-refractivity contribution in [2.45, 2.75) is 0 Å². The molecule has 0 fully saturated rings. The topological polar surface area (TPSA) is 75.5 Å². The van der Waals surface area contributed by atoms with E-state index in [1.807, 2.05) is 0 Å². The van der Waals surface area contributed by atoms with Gasteiger partial charge >= 0.3 is 0 Å². The standard InChI is InChI=1S/C15H13Cl2N3O3/c1-19(2)13-7-6-9(20(22)23)8-10(13)15(21)18-12-5-3-4-11(16)14(12)17/h3-8H,1-2H3,(H,18,21). The van der Waals surface area contributed by atoms with Crippen LogP contribution in [0.25, 0.3) is 0 Å². The van der Waals surface area contributed by atoms with E-state index in [-0.39, 0.29) is 16.3 Å².